The van der Waals surface area contributed by atoms with Gasteiger partial charge in [-0.2, -0.15) is 0 Å². The maximum Gasteiger partial charge on any atom is 0.244 e. The van der Waals surface area contributed by atoms with Crippen LogP contribution >= 0.6 is 11.6 Å². The van der Waals surface area contributed by atoms with Gasteiger partial charge in [-0.1, -0.05) is 61.3 Å². The number of nitrogens with zero attached hydrogens (tertiary/aromatic N) is 2. The van der Waals surface area contributed by atoms with Crippen molar-refractivity contribution in [2.24, 2.45) is 0 Å². The van der Waals surface area contributed by atoms with Gasteiger partial charge in [0.2, 0.25) is 21.8 Å². The monoisotopic (exact) mass is 521 g/mol. The van der Waals surface area contributed by atoms with Gasteiger partial charge in [-0.25, -0.2) is 8.42 Å². The number of amides is 2. The molecule has 0 fully saturated rings. The highest BCUT2D eigenvalue weighted by atomic mass is 35.5. The van der Waals surface area contributed by atoms with Crippen LogP contribution < -0.4 is 9.62 Å². The van der Waals surface area contributed by atoms with E-state index in [0.717, 1.165) is 33.7 Å². The van der Waals surface area contributed by atoms with Gasteiger partial charge in [-0.15, -0.1) is 0 Å². The van der Waals surface area contributed by atoms with Gasteiger partial charge in [0, 0.05) is 17.6 Å². The number of carbonyl (C=O) groups is 2. The normalized spacial score (nSPS) is 13.1. The molecule has 0 saturated heterocycles. The van der Waals surface area contributed by atoms with E-state index in [1.807, 2.05) is 58.9 Å². The predicted molar refractivity (Wildman–Crippen MR) is 142 cm³/mol. The van der Waals surface area contributed by atoms with E-state index in [-0.39, 0.29) is 18.5 Å². The summed E-state index contributed by atoms with van der Waals surface area (Å²) in [5.41, 5.74) is 2.98. The molecular formula is C26H36ClN3O4S. The standard InChI is InChI=1S/C26H36ClN3O4S/c1-7-20(5)28-26(32)24(8-2)29(16-21-11-9-10-18(3)14-21)25(31)17-30(35(6,33)34)22-13-12-19(4)23(27)15-22/h9-15,20,24H,7-8,16-17H2,1-6H3,(H,28,32)/t20-,24-/m1/s1. The van der Waals surface area contributed by atoms with Gasteiger partial charge in [0.15, 0.2) is 0 Å². The highest BCUT2D eigenvalue weighted by Gasteiger charge is 2.32. The van der Waals surface area contributed by atoms with Crippen LogP contribution in [0.2, 0.25) is 5.02 Å². The maximum atomic E-state index is 13.7. The Bertz CT molecular complexity index is 1150. The van der Waals surface area contributed by atoms with Crippen molar-refractivity contribution >= 4 is 39.1 Å². The molecular weight excluding hydrogens is 486 g/mol. The molecule has 2 aromatic rings. The second-order valence-corrected chi connectivity index (χ2v) is 11.3. The molecule has 0 aliphatic heterocycles. The fraction of sp³-hybridized carbons (Fsp3) is 0.462. The Morgan fingerprint density at radius 1 is 1.06 bits per heavy atom. The molecule has 0 saturated carbocycles. The number of benzene rings is 2. The molecule has 0 heterocycles. The molecule has 0 unspecified atom stereocenters. The van der Waals surface area contributed by atoms with Crippen molar-refractivity contribution in [1.29, 1.82) is 0 Å². The van der Waals surface area contributed by atoms with Gasteiger partial charge in [0.25, 0.3) is 0 Å². The van der Waals surface area contributed by atoms with Crippen LogP contribution in [-0.2, 0) is 26.2 Å². The fourth-order valence-corrected chi connectivity index (χ4v) is 4.73. The fourth-order valence-electron chi connectivity index (χ4n) is 3.72. The van der Waals surface area contributed by atoms with Crippen molar-refractivity contribution in [2.75, 3.05) is 17.1 Å². The Kier molecular flexibility index (Phi) is 10.2. The summed E-state index contributed by atoms with van der Waals surface area (Å²) in [6.07, 6.45) is 2.19. The second-order valence-electron chi connectivity index (χ2n) is 8.96. The van der Waals surface area contributed by atoms with Crippen molar-refractivity contribution in [1.82, 2.24) is 10.2 Å². The van der Waals surface area contributed by atoms with Gasteiger partial charge >= 0.3 is 0 Å². The molecule has 0 aliphatic rings. The van der Waals surface area contributed by atoms with Crippen molar-refractivity contribution in [3.05, 3.63) is 64.2 Å². The van der Waals surface area contributed by atoms with Crippen LogP contribution in [0.25, 0.3) is 0 Å². The first-order chi connectivity index (χ1) is 16.4. The molecule has 0 aliphatic carbocycles. The molecule has 0 spiro atoms. The third kappa shape index (κ3) is 7.97. The SMILES string of the molecule is CC[C@@H](C)NC(=O)[C@@H](CC)N(Cc1cccc(C)c1)C(=O)CN(c1ccc(C)c(Cl)c1)S(C)(=O)=O. The molecule has 2 atom stereocenters. The Morgan fingerprint density at radius 3 is 2.29 bits per heavy atom. The van der Waals surface area contributed by atoms with E-state index in [1.54, 1.807) is 12.1 Å². The minimum atomic E-state index is -3.80. The van der Waals surface area contributed by atoms with Crippen LogP contribution in [0, 0.1) is 13.8 Å². The number of aryl methyl sites for hydroxylation is 2. The van der Waals surface area contributed by atoms with Gasteiger partial charge in [-0.05, 0) is 56.9 Å². The Hall–Kier alpha value is -2.58. The van der Waals surface area contributed by atoms with Crippen LogP contribution in [0.1, 0.15) is 50.3 Å². The second kappa shape index (κ2) is 12.4. The summed E-state index contributed by atoms with van der Waals surface area (Å²) < 4.78 is 26.4. The Morgan fingerprint density at radius 2 is 1.74 bits per heavy atom. The molecule has 0 bridgehead atoms. The average Bonchev–Trinajstić information content (AvgIpc) is 2.78. The third-order valence-corrected chi connectivity index (χ3v) is 7.49. The van der Waals surface area contributed by atoms with Crippen molar-refractivity contribution in [3.8, 4) is 0 Å². The van der Waals surface area contributed by atoms with Crippen LogP contribution in [0.3, 0.4) is 0 Å². The number of carbonyl (C=O) groups excluding carboxylic acids is 2. The lowest BCUT2D eigenvalue weighted by molar-refractivity contribution is -0.140. The zero-order valence-corrected chi connectivity index (χ0v) is 22.9. The average molecular weight is 522 g/mol. The zero-order valence-electron chi connectivity index (χ0n) is 21.3. The minimum absolute atomic E-state index is 0.0466. The van der Waals surface area contributed by atoms with Crippen LogP contribution in [-0.4, -0.2) is 50.0 Å². The summed E-state index contributed by atoms with van der Waals surface area (Å²) in [5.74, 6) is -0.730. The van der Waals surface area contributed by atoms with E-state index >= 15 is 0 Å². The lowest BCUT2D eigenvalue weighted by atomic mass is 10.1. The largest absolute Gasteiger partial charge is 0.352 e. The number of nitrogens with one attached hydrogen (secondary N) is 1. The van der Waals surface area contributed by atoms with E-state index < -0.39 is 28.5 Å². The van der Waals surface area contributed by atoms with Gasteiger partial charge in [-0.3, -0.25) is 13.9 Å². The van der Waals surface area contributed by atoms with E-state index in [2.05, 4.69) is 5.32 Å². The molecule has 2 amide bonds. The molecule has 0 radical (unpaired) electrons. The first-order valence-corrected chi connectivity index (χ1v) is 14.0. The van der Waals surface area contributed by atoms with Gasteiger partial charge in [0.1, 0.15) is 12.6 Å². The number of sulfonamides is 1. The molecule has 2 rings (SSSR count). The van der Waals surface area contributed by atoms with Crippen LogP contribution in [0.15, 0.2) is 42.5 Å². The summed E-state index contributed by atoms with van der Waals surface area (Å²) in [7, 11) is -3.80. The molecule has 0 aromatic heterocycles. The lowest BCUT2D eigenvalue weighted by Crippen LogP contribution is -2.53. The molecule has 35 heavy (non-hydrogen) atoms. The highest BCUT2D eigenvalue weighted by Crippen LogP contribution is 2.25. The van der Waals surface area contributed by atoms with E-state index in [0.29, 0.717) is 17.1 Å². The molecule has 7 nitrogen and oxygen atoms in total. The molecule has 1 N–H and O–H groups in total. The summed E-state index contributed by atoms with van der Waals surface area (Å²) in [4.78, 5) is 28.3. The van der Waals surface area contributed by atoms with Crippen LogP contribution in [0.4, 0.5) is 5.69 Å². The van der Waals surface area contributed by atoms with Crippen LogP contribution in [0.5, 0.6) is 0 Å². The maximum absolute atomic E-state index is 13.7. The first-order valence-electron chi connectivity index (χ1n) is 11.8. The van der Waals surface area contributed by atoms with Crippen molar-refractivity contribution < 1.29 is 18.0 Å². The summed E-state index contributed by atoms with van der Waals surface area (Å²) in [5, 5.41) is 3.36. The Balaban J connectivity index is 2.46. The number of hydrogen-bond donors (Lipinski definition) is 1. The first kappa shape index (κ1) is 28.7. The highest BCUT2D eigenvalue weighted by molar-refractivity contribution is 7.92. The van der Waals surface area contributed by atoms with E-state index in [9.17, 15) is 18.0 Å². The number of rotatable bonds is 11. The zero-order chi connectivity index (χ0) is 26.3. The molecule has 9 heteroatoms. The van der Waals surface area contributed by atoms with Gasteiger partial charge in [0.05, 0.1) is 11.9 Å². The number of halogens is 1. The summed E-state index contributed by atoms with van der Waals surface area (Å²) in [6.45, 7) is 9.21. The van der Waals surface area contributed by atoms with Crippen molar-refractivity contribution in [3.63, 3.8) is 0 Å². The van der Waals surface area contributed by atoms with E-state index in [4.69, 9.17) is 11.6 Å². The number of anilines is 1. The molecule has 2 aromatic carbocycles. The predicted octanol–water partition coefficient (Wildman–Crippen LogP) is 4.44. The summed E-state index contributed by atoms with van der Waals surface area (Å²) >= 11 is 6.24. The summed E-state index contributed by atoms with van der Waals surface area (Å²) in [6, 6.07) is 11.7. The third-order valence-electron chi connectivity index (χ3n) is 5.94. The number of hydrogen-bond acceptors (Lipinski definition) is 4. The Labute approximate surface area is 214 Å². The molecule has 192 valence electrons. The quantitative estimate of drug-likeness (QED) is 0.473. The van der Waals surface area contributed by atoms with Gasteiger partial charge < -0.3 is 10.2 Å². The topological polar surface area (TPSA) is 86.8 Å². The lowest BCUT2D eigenvalue weighted by Gasteiger charge is -2.33. The van der Waals surface area contributed by atoms with Crippen molar-refractivity contribution in [2.45, 2.75) is 66.1 Å². The minimum Gasteiger partial charge on any atom is -0.352 e. The smallest absolute Gasteiger partial charge is 0.244 e. The van der Waals surface area contributed by atoms with E-state index in [1.165, 1.54) is 11.0 Å².